The third-order valence-corrected chi connectivity index (χ3v) is 5.45. The zero-order valence-corrected chi connectivity index (χ0v) is 14.8. The van der Waals surface area contributed by atoms with E-state index < -0.39 is 54.5 Å². The lowest BCUT2D eigenvalue weighted by Gasteiger charge is -2.30. The summed E-state index contributed by atoms with van der Waals surface area (Å²) in [7, 11) is 0. The maximum atomic E-state index is 13.9. The molecule has 0 aliphatic carbocycles. The molecular formula is C18H18F7N2O. The Kier molecular flexibility index (Phi) is 5.37. The van der Waals surface area contributed by atoms with Crippen LogP contribution < -0.4 is 5.32 Å². The molecule has 1 aromatic rings. The van der Waals surface area contributed by atoms with E-state index in [1.54, 1.807) is 0 Å². The Hall–Kier alpha value is -1.84. The molecule has 2 unspecified atom stereocenters. The summed E-state index contributed by atoms with van der Waals surface area (Å²) in [4.78, 5) is 13.4. The van der Waals surface area contributed by atoms with Gasteiger partial charge in [0, 0.05) is 12.5 Å². The average molecular weight is 411 g/mol. The Morgan fingerprint density at radius 1 is 1.14 bits per heavy atom. The van der Waals surface area contributed by atoms with Gasteiger partial charge >= 0.3 is 12.4 Å². The normalized spacial score (nSPS) is 28.8. The number of amides is 1. The fraction of sp³-hybridized carbons (Fsp3) is 0.611. The summed E-state index contributed by atoms with van der Waals surface area (Å²) < 4.78 is 93.2. The van der Waals surface area contributed by atoms with Crippen molar-refractivity contribution in [3.05, 3.63) is 35.1 Å². The molecular weight excluding hydrogens is 393 g/mol. The molecule has 4 atom stereocenters. The van der Waals surface area contributed by atoms with E-state index in [-0.39, 0.29) is 30.5 Å². The summed E-state index contributed by atoms with van der Waals surface area (Å²) in [6.07, 6.45) is -10.2. The van der Waals surface area contributed by atoms with Crippen LogP contribution in [-0.4, -0.2) is 47.8 Å². The van der Waals surface area contributed by atoms with Crippen molar-refractivity contribution in [1.82, 2.24) is 10.2 Å². The van der Waals surface area contributed by atoms with Crippen LogP contribution >= 0.6 is 0 Å². The number of carbonyl (C=O) groups is 1. The molecule has 0 spiro atoms. The molecule has 0 aromatic heterocycles. The van der Waals surface area contributed by atoms with Crippen LogP contribution in [0.2, 0.25) is 0 Å². The number of alkyl halides is 6. The van der Waals surface area contributed by atoms with Gasteiger partial charge in [-0.1, -0.05) is 12.1 Å². The molecule has 10 heteroatoms. The minimum atomic E-state index is -4.73. The standard InChI is InChI=1S/C18H18F7N2O/c1-9-10(4-2-5-12(9)19)11-8-13(17(20,21)22)26-15(11)16(28)27-7-3-6-14(27)18(23,24)25/h2,4-5,11,13-15H,3,6-8H2,1H3/t11?,13-,14?,15+/m1/s1. The Morgan fingerprint density at radius 3 is 2.43 bits per heavy atom. The number of hydrogen-bond donors (Lipinski definition) is 0. The van der Waals surface area contributed by atoms with E-state index in [1.807, 2.05) is 0 Å². The first-order valence-corrected chi connectivity index (χ1v) is 8.80. The van der Waals surface area contributed by atoms with Crippen molar-refractivity contribution in [3.63, 3.8) is 0 Å². The first-order valence-electron chi connectivity index (χ1n) is 8.80. The van der Waals surface area contributed by atoms with Crippen molar-refractivity contribution in [2.24, 2.45) is 0 Å². The van der Waals surface area contributed by atoms with Gasteiger partial charge in [-0.3, -0.25) is 4.79 Å². The van der Waals surface area contributed by atoms with Crippen molar-refractivity contribution in [2.45, 2.75) is 62.6 Å². The second-order valence-electron chi connectivity index (χ2n) is 7.18. The highest BCUT2D eigenvalue weighted by atomic mass is 19.4. The van der Waals surface area contributed by atoms with E-state index in [4.69, 9.17) is 0 Å². The number of nitrogens with zero attached hydrogens (tertiary/aromatic N) is 2. The number of benzene rings is 1. The predicted octanol–water partition coefficient (Wildman–Crippen LogP) is 4.08. The molecule has 3 rings (SSSR count). The first-order chi connectivity index (χ1) is 12.9. The summed E-state index contributed by atoms with van der Waals surface area (Å²) in [5.41, 5.74) is 0.230. The Bertz CT molecular complexity index is 746. The van der Waals surface area contributed by atoms with Crippen LogP contribution in [0.3, 0.4) is 0 Å². The van der Waals surface area contributed by atoms with E-state index >= 15 is 0 Å². The third kappa shape index (κ3) is 3.83. The van der Waals surface area contributed by atoms with Gasteiger partial charge in [0.2, 0.25) is 5.91 Å². The lowest BCUT2D eigenvalue weighted by molar-refractivity contribution is -0.184. The molecule has 0 bridgehead atoms. The van der Waals surface area contributed by atoms with E-state index in [9.17, 15) is 35.5 Å². The summed E-state index contributed by atoms with van der Waals surface area (Å²) in [5, 5.41) is 3.54. The fourth-order valence-corrected chi connectivity index (χ4v) is 4.05. The number of rotatable bonds is 2. The number of hydrogen-bond acceptors (Lipinski definition) is 1. The molecule has 2 aliphatic rings. The first kappa shape index (κ1) is 20.9. The number of halogens is 7. The van der Waals surface area contributed by atoms with E-state index in [2.05, 4.69) is 5.32 Å². The summed E-state index contributed by atoms with van der Waals surface area (Å²) in [5.74, 6) is -2.88. The van der Waals surface area contributed by atoms with Crippen molar-refractivity contribution in [2.75, 3.05) is 6.54 Å². The number of carbonyl (C=O) groups excluding carboxylic acids is 1. The Morgan fingerprint density at radius 2 is 1.82 bits per heavy atom. The Labute approximate surface area is 156 Å². The zero-order valence-electron chi connectivity index (χ0n) is 14.8. The molecule has 1 amide bonds. The van der Waals surface area contributed by atoms with Gasteiger partial charge < -0.3 is 4.90 Å². The lowest BCUT2D eigenvalue weighted by atomic mass is 9.87. The predicted molar refractivity (Wildman–Crippen MR) is 85.1 cm³/mol. The van der Waals surface area contributed by atoms with Gasteiger partial charge in [0.05, 0.1) is 0 Å². The molecule has 0 saturated carbocycles. The minimum absolute atomic E-state index is 0.0668. The molecule has 155 valence electrons. The highest BCUT2D eigenvalue weighted by Gasteiger charge is 2.55. The van der Waals surface area contributed by atoms with Gasteiger partial charge in [-0.05, 0) is 43.4 Å². The van der Waals surface area contributed by atoms with Gasteiger partial charge in [-0.2, -0.15) is 26.3 Å². The van der Waals surface area contributed by atoms with Crippen molar-refractivity contribution >= 4 is 5.91 Å². The maximum absolute atomic E-state index is 13.9. The second kappa shape index (κ2) is 7.20. The minimum Gasteiger partial charge on any atom is -0.329 e. The molecule has 2 aliphatic heterocycles. The lowest BCUT2D eigenvalue weighted by Crippen LogP contribution is -2.51. The van der Waals surface area contributed by atoms with Crippen LogP contribution in [0.1, 0.15) is 36.3 Å². The second-order valence-corrected chi connectivity index (χ2v) is 7.18. The molecule has 2 fully saturated rings. The van der Waals surface area contributed by atoms with Gasteiger partial charge in [-0.15, -0.1) is 0 Å². The quantitative estimate of drug-likeness (QED) is 0.676. The maximum Gasteiger partial charge on any atom is 0.408 e. The van der Waals surface area contributed by atoms with Crippen LogP contribution in [0.4, 0.5) is 30.7 Å². The average Bonchev–Trinajstić information content (AvgIpc) is 3.22. The smallest absolute Gasteiger partial charge is 0.329 e. The highest BCUT2D eigenvalue weighted by molar-refractivity contribution is 5.84. The van der Waals surface area contributed by atoms with Crippen molar-refractivity contribution in [1.29, 1.82) is 0 Å². The molecule has 3 nitrogen and oxygen atoms in total. The molecule has 1 radical (unpaired) electrons. The Balaban J connectivity index is 1.96. The van der Waals surface area contributed by atoms with E-state index in [1.165, 1.54) is 19.1 Å². The summed E-state index contributed by atoms with van der Waals surface area (Å²) >= 11 is 0. The van der Waals surface area contributed by atoms with Gasteiger partial charge in [-0.25, -0.2) is 9.71 Å². The van der Waals surface area contributed by atoms with E-state index in [0.717, 1.165) is 6.07 Å². The van der Waals surface area contributed by atoms with Crippen LogP contribution in [-0.2, 0) is 4.79 Å². The van der Waals surface area contributed by atoms with Crippen molar-refractivity contribution in [3.8, 4) is 0 Å². The van der Waals surface area contributed by atoms with E-state index in [0.29, 0.717) is 4.90 Å². The van der Waals surface area contributed by atoms with Crippen LogP contribution in [0, 0.1) is 12.7 Å². The van der Waals surface area contributed by atoms with Crippen molar-refractivity contribution < 1.29 is 35.5 Å². The topological polar surface area (TPSA) is 34.4 Å². The van der Waals surface area contributed by atoms with Crippen LogP contribution in [0.25, 0.3) is 0 Å². The number of likely N-dealkylation sites (tertiary alicyclic amines) is 1. The van der Waals surface area contributed by atoms with Gasteiger partial charge in [0.15, 0.2) is 0 Å². The largest absolute Gasteiger partial charge is 0.408 e. The molecule has 0 N–H and O–H groups in total. The van der Waals surface area contributed by atoms with Gasteiger partial charge in [0.1, 0.15) is 23.9 Å². The summed E-state index contributed by atoms with van der Waals surface area (Å²) in [6, 6.07) is -2.02. The molecule has 28 heavy (non-hydrogen) atoms. The summed E-state index contributed by atoms with van der Waals surface area (Å²) in [6.45, 7) is 1.17. The molecule has 1 aromatic carbocycles. The van der Waals surface area contributed by atoms with Gasteiger partial charge in [0.25, 0.3) is 0 Å². The molecule has 2 saturated heterocycles. The highest BCUT2D eigenvalue weighted by Crippen LogP contribution is 2.42. The molecule has 2 heterocycles. The van der Waals surface area contributed by atoms with Crippen LogP contribution in [0.15, 0.2) is 18.2 Å². The zero-order chi connectivity index (χ0) is 20.9. The fourth-order valence-electron chi connectivity index (χ4n) is 4.05. The van der Waals surface area contributed by atoms with Crippen LogP contribution in [0.5, 0.6) is 0 Å². The third-order valence-electron chi connectivity index (χ3n) is 5.45. The SMILES string of the molecule is Cc1c(F)cccc1C1C[C@H](C(F)(F)F)[N][C@@H]1C(=O)N1CCCC1C(F)(F)F. The monoisotopic (exact) mass is 411 g/mol.